The number of piperazine rings is 1. The summed E-state index contributed by atoms with van der Waals surface area (Å²) >= 11 is 6.18. The van der Waals surface area contributed by atoms with E-state index in [-0.39, 0.29) is 16.1 Å². The van der Waals surface area contributed by atoms with Crippen LogP contribution in [0.25, 0.3) is 0 Å². The summed E-state index contributed by atoms with van der Waals surface area (Å²) in [7, 11) is 5.03. The molecule has 7 nitrogen and oxygen atoms in total. The van der Waals surface area contributed by atoms with E-state index in [0.29, 0.717) is 12.2 Å². The maximum Gasteiger partial charge on any atom is 0.330 e. The van der Waals surface area contributed by atoms with Crippen LogP contribution in [0.1, 0.15) is 21.6 Å². The number of likely N-dealkylation sites (N-methyl/N-ethyl adjacent to an activating group) is 1. The van der Waals surface area contributed by atoms with Crippen molar-refractivity contribution in [2.75, 3.05) is 33.2 Å². The Morgan fingerprint density at radius 3 is 2.26 bits per heavy atom. The van der Waals surface area contributed by atoms with Crippen LogP contribution < -0.4 is 11.2 Å². The van der Waals surface area contributed by atoms with E-state index < -0.39 is 17.0 Å². The quantitative estimate of drug-likeness (QED) is 0.719. The highest BCUT2D eigenvalue weighted by atomic mass is 35.5. The molecule has 0 N–H and O–H groups in total. The average molecular weight is 391 g/mol. The minimum Gasteiger partial charge on any atom is -0.304 e. The lowest BCUT2D eigenvalue weighted by atomic mass is 10.0. The van der Waals surface area contributed by atoms with E-state index in [4.69, 9.17) is 11.6 Å². The fourth-order valence-corrected chi connectivity index (χ4v) is 3.52. The molecule has 0 saturated carbocycles. The molecule has 2 aromatic rings. The zero-order chi connectivity index (χ0) is 19.7. The van der Waals surface area contributed by atoms with E-state index in [0.717, 1.165) is 30.7 Å². The van der Waals surface area contributed by atoms with Gasteiger partial charge in [0.2, 0.25) is 5.78 Å². The van der Waals surface area contributed by atoms with Crippen LogP contribution in [0, 0.1) is 0 Å². The minimum atomic E-state index is -0.591. The molecule has 0 spiro atoms. The molecule has 3 rings (SSSR count). The van der Waals surface area contributed by atoms with Gasteiger partial charge in [-0.15, -0.1) is 0 Å². The van der Waals surface area contributed by atoms with Crippen LogP contribution in [-0.2, 0) is 20.6 Å². The molecule has 27 heavy (non-hydrogen) atoms. The molecule has 1 aliphatic heterocycles. The van der Waals surface area contributed by atoms with Crippen molar-refractivity contribution in [3.8, 4) is 0 Å². The summed E-state index contributed by atoms with van der Waals surface area (Å²) in [5.41, 5.74) is -0.342. The fourth-order valence-electron chi connectivity index (χ4n) is 3.30. The molecule has 1 fully saturated rings. The van der Waals surface area contributed by atoms with E-state index in [1.807, 2.05) is 0 Å². The van der Waals surface area contributed by atoms with Crippen molar-refractivity contribution in [2.24, 2.45) is 14.1 Å². The molecule has 0 aliphatic carbocycles. The van der Waals surface area contributed by atoms with Crippen molar-refractivity contribution < 1.29 is 4.79 Å². The third-order valence-corrected chi connectivity index (χ3v) is 5.43. The Kier molecular flexibility index (Phi) is 5.64. The van der Waals surface area contributed by atoms with Gasteiger partial charge in [-0.1, -0.05) is 23.7 Å². The molecule has 0 radical (unpaired) electrons. The van der Waals surface area contributed by atoms with E-state index in [9.17, 15) is 14.4 Å². The molecular formula is C19H23ClN4O3. The highest BCUT2D eigenvalue weighted by molar-refractivity contribution is 6.35. The number of hydrogen-bond donors (Lipinski definition) is 0. The standard InChI is InChI=1S/C19H23ClN4O3/c1-21-8-10-24(11-9-21)12-15-16(18(26)23(3)19(27)22(15)2)17(25)13-6-4-5-7-14(13)20/h4-7H,8-12H2,1-3H3. The van der Waals surface area contributed by atoms with Gasteiger partial charge in [-0.05, 0) is 19.2 Å². The van der Waals surface area contributed by atoms with E-state index in [2.05, 4.69) is 16.8 Å². The SMILES string of the molecule is CN1CCN(Cc2c(C(=O)c3ccccc3Cl)c(=O)n(C)c(=O)n2C)CC1. The molecule has 1 aliphatic rings. The van der Waals surface area contributed by atoms with Crippen molar-refractivity contribution in [3.05, 3.63) is 66.9 Å². The molecule has 144 valence electrons. The first-order valence-electron chi connectivity index (χ1n) is 8.80. The lowest BCUT2D eigenvalue weighted by molar-refractivity contribution is 0.103. The number of carbonyl (C=O) groups is 1. The summed E-state index contributed by atoms with van der Waals surface area (Å²) in [5, 5.41) is 0.281. The van der Waals surface area contributed by atoms with Gasteiger partial charge in [0.05, 0.1) is 10.7 Å². The van der Waals surface area contributed by atoms with E-state index in [1.54, 1.807) is 31.3 Å². The predicted molar refractivity (Wildman–Crippen MR) is 105 cm³/mol. The van der Waals surface area contributed by atoms with Gasteiger partial charge >= 0.3 is 5.69 Å². The molecule has 0 amide bonds. The van der Waals surface area contributed by atoms with Gasteiger partial charge in [0.15, 0.2) is 0 Å². The Morgan fingerprint density at radius 1 is 1.00 bits per heavy atom. The first-order valence-corrected chi connectivity index (χ1v) is 9.18. The molecule has 1 saturated heterocycles. The number of carbonyl (C=O) groups excluding carboxylic acids is 1. The first-order chi connectivity index (χ1) is 12.8. The first kappa shape index (κ1) is 19.5. The second kappa shape index (κ2) is 7.80. The van der Waals surface area contributed by atoms with Crippen molar-refractivity contribution in [1.29, 1.82) is 0 Å². The number of aromatic nitrogens is 2. The summed E-state index contributed by atoms with van der Waals surface area (Å²) in [6.07, 6.45) is 0. The number of nitrogens with zero attached hydrogens (tertiary/aromatic N) is 4. The minimum absolute atomic E-state index is 0.00614. The maximum atomic E-state index is 13.2. The highest BCUT2D eigenvalue weighted by Gasteiger charge is 2.26. The van der Waals surface area contributed by atoms with E-state index >= 15 is 0 Å². The Balaban J connectivity index is 2.12. The topological polar surface area (TPSA) is 67.6 Å². The highest BCUT2D eigenvalue weighted by Crippen LogP contribution is 2.20. The molecule has 8 heteroatoms. The molecule has 1 aromatic heterocycles. The molecular weight excluding hydrogens is 368 g/mol. The van der Waals surface area contributed by atoms with Gasteiger partial charge in [0.25, 0.3) is 5.56 Å². The largest absolute Gasteiger partial charge is 0.330 e. The zero-order valence-corrected chi connectivity index (χ0v) is 16.5. The van der Waals surface area contributed by atoms with Crippen LogP contribution in [0.3, 0.4) is 0 Å². The normalized spacial score (nSPS) is 15.9. The van der Waals surface area contributed by atoms with Crippen LogP contribution in [0.4, 0.5) is 0 Å². The van der Waals surface area contributed by atoms with Gasteiger partial charge in [0, 0.05) is 52.4 Å². The van der Waals surface area contributed by atoms with Gasteiger partial charge in [-0.3, -0.25) is 23.6 Å². The summed E-state index contributed by atoms with van der Waals surface area (Å²) < 4.78 is 2.36. The smallest absolute Gasteiger partial charge is 0.304 e. The molecule has 1 aromatic carbocycles. The Labute approximate surface area is 162 Å². The van der Waals surface area contributed by atoms with E-state index in [1.165, 1.54) is 11.6 Å². The van der Waals surface area contributed by atoms with Crippen molar-refractivity contribution in [1.82, 2.24) is 18.9 Å². The van der Waals surface area contributed by atoms with Gasteiger partial charge in [0.1, 0.15) is 5.56 Å². The number of hydrogen-bond acceptors (Lipinski definition) is 5. The Bertz CT molecular complexity index is 987. The zero-order valence-electron chi connectivity index (χ0n) is 15.7. The van der Waals surface area contributed by atoms with Crippen LogP contribution >= 0.6 is 11.6 Å². The molecule has 0 bridgehead atoms. The molecule has 0 unspecified atom stereocenters. The third kappa shape index (κ3) is 3.76. The number of benzene rings is 1. The molecule has 2 heterocycles. The predicted octanol–water partition coefficient (Wildman–Crippen LogP) is 0.716. The summed E-state index contributed by atoms with van der Waals surface area (Å²) in [6.45, 7) is 3.76. The number of rotatable bonds is 4. The van der Waals surface area contributed by atoms with Crippen LogP contribution in [-0.4, -0.2) is 57.9 Å². The monoisotopic (exact) mass is 390 g/mol. The third-order valence-electron chi connectivity index (χ3n) is 5.10. The summed E-state index contributed by atoms with van der Waals surface area (Å²) in [6, 6.07) is 6.63. The van der Waals surface area contributed by atoms with Gasteiger partial charge in [-0.2, -0.15) is 0 Å². The second-order valence-corrected chi connectivity index (χ2v) is 7.32. The average Bonchev–Trinajstić information content (AvgIpc) is 2.66. The van der Waals surface area contributed by atoms with Crippen molar-refractivity contribution in [2.45, 2.75) is 6.54 Å². The summed E-state index contributed by atoms with van der Waals surface area (Å²) in [4.78, 5) is 42.8. The van der Waals surface area contributed by atoms with Gasteiger partial charge in [-0.25, -0.2) is 4.79 Å². The van der Waals surface area contributed by atoms with Crippen LogP contribution in [0.2, 0.25) is 5.02 Å². The molecule has 0 atom stereocenters. The Hall–Kier alpha value is -2.22. The maximum absolute atomic E-state index is 13.2. The fraction of sp³-hybridized carbons (Fsp3) is 0.421. The lowest BCUT2D eigenvalue weighted by Gasteiger charge is -2.33. The number of ketones is 1. The lowest BCUT2D eigenvalue weighted by Crippen LogP contribution is -2.47. The van der Waals surface area contributed by atoms with Gasteiger partial charge < -0.3 is 4.90 Å². The Morgan fingerprint density at radius 2 is 1.63 bits per heavy atom. The van der Waals surface area contributed by atoms with Crippen LogP contribution in [0.15, 0.2) is 33.9 Å². The summed E-state index contributed by atoms with van der Waals surface area (Å²) in [5.74, 6) is -0.457. The van der Waals surface area contributed by atoms with Crippen LogP contribution in [0.5, 0.6) is 0 Å². The van der Waals surface area contributed by atoms with Crippen molar-refractivity contribution in [3.63, 3.8) is 0 Å². The van der Waals surface area contributed by atoms with Crippen molar-refractivity contribution >= 4 is 17.4 Å². The second-order valence-electron chi connectivity index (χ2n) is 6.92. The number of halogens is 1.